The van der Waals surface area contributed by atoms with Crippen LogP contribution in [0.5, 0.6) is 5.75 Å². The van der Waals surface area contributed by atoms with Crippen molar-refractivity contribution in [3.8, 4) is 5.75 Å². The molecule has 0 radical (unpaired) electrons. The highest BCUT2D eigenvalue weighted by Gasteiger charge is 2.34. The van der Waals surface area contributed by atoms with Crippen LogP contribution in [0.25, 0.3) is 21.8 Å². The van der Waals surface area contributed by atoms with Gasteiger partial charge in [0.15, 0.2) is 0 Å². The summed E-state index contributed by atoms with van der Waals surface area (Å²) in [5.41, 5.74) is 2.30. The molecule has 0 N–H and O–H groups in total. The van der Waals surface area contributed by atoms with Crippen LogP contribution in [-0.2, 0) is 0 Å². The van der Waals surface area contributed by atoms with Gasteiger partial charge in [-0.2, -0.15) is 0 Å². The van der Waals surface area contributed by atoms with Gasteiger partial charge in [0, 0.05) is 17.3 Å². The molecule has 28 heavy (non-hydrogen) atoms. The maximum Gasteiger partial charge on any atom is 0.573 e. The van der Waals surface area contributed by atoms with E-state index in [0.29, 0.717) is 33.9 Å². The fourth-order valence-corrected chi connectivity index (χ4v) is 3.76. The lowest BCUT2D eigenvalue weighted by Gasteiger charge is -2.17. The molecule has 1 aliphatic heterocycles. The van der Waals surface area contributed by atoms with Gasteiger partial charge in [-0.05, 0) is 36.8 Å². The van der Waals surface area contributed by atoms with Crippen LogP contribution < -0.4 is 9.64 Å². The molecule has 2 heterocycles. The van der Waals surface area contributed by atoms with Crippen molar-refractivity contribution >= 4 is 33.4 Å². The first-order chi connectivity index (χ1) is 13.4. The zero-order valence-electron chi connectivity index (χ0n) is 15.3. The Morgan fingerprint density at radius 2 is 1.89 bits per heavy atom. The highest BCUT2D eigenvalue weighted by atomic mass is 19.4. The summed E-state index contributed by atoms with van der Waals surface area (Å²) >= 11 is 0. The zero-order chi connectivity index (χ0) is 19.9. The number of pyridine rings is 1. The summed E-state index contributed by atoms with van der Waals surface area (Å²) in [6.07, 6.45) is -0.701. The minimum atomic E-state index is -4.79. The van der Waals surface area contributed by atoms with Gasteiger partial charge >= 0.3 is 6.36 Å². The Morgan fingerprint density at radius 1 is 1.07 bits per heavy atom. The van der Waals surface area contributed by atoms with E-state index in [1.54, 1.807) is 4.90 Å². The topological polar surface area (TPSA) is 42.4 Å². The number of halogens is 3. The number of hydrogen-bond acceptors (Lipinski definition) is 3. The Bertz CT molecular complexity index is 1060. The summed E-state index contributed by atoms with van der Waals surface area (Å²) in [7, 11) is 0. The monoisotopic (exact) mass is 388 g/mol. The molecular formula is C21H19F3N2O2. The first-order valence-electron chi connectivity index (χ1n) is 9.33. The Morgan fingerprint density at radius 3 is 2.64 bits per heavy atom. The Labute approximate surface area is 159 Å². The number of hydrogen-bond donors (Lipinski definition) is 0. The van der Waals surface area contributed by atoms with E-state index in [2.05, 4.69) is 16.6 Å². The maximum atomic E-state index is 13.2. The smallest absolute Gasteiger partial charge is 0.406 e. The molecule has 0 saturated carbocycles. The SMILES string of the molecule is CCCCCCN1C(=O)c2c3cc(OC(F)(F)F)ccc3nc3cccc1c23. The van der Waals surface area contributed by atoms with Crippen molar-refractivity contribution in [3.63, 3.8) is 0 Å². The van der Waals surface area contributed by atoms with Gasteiger partial charge in [-0.3, -0.25) is 4.79 Å². The zero-order valence-corrected chi connectivity index (χ0v) is 15.3. The highest BCUT2D eigenvalue weighted by Crippen LogP contribution is 2.41. The number of ether oxygens (including phenoxy) is 1. The quantitative estimate of drug-likeness (QED) is 0.394. The van der Waals surface area contributed by atoms with E-state index < -0.39 is 6.36 Å². The van der Waals surface area contributed by atoms with E-state index in [0.717, 1.165) is 31.4 Å². The van der Waals surface area contributed by atoms with E-state index in [-0.39, 0.29) is 11.7 Å². The number of anilines is 1. The summed E-state index contributed by atoms with van der Waals surface area (Å²) in [5, 5.41) is 1.07. The van der Waals surface area contributed by atoms with Crippen molar-refractivity contribution in [1.29, 1.82) is 0 Å². The third-order valence-corrected chi connectivity index (χ3v) is 4.97. The van der Waals surface area contributed by atoms with Crippen LogP contribution >= 0.6 is 0 Å². The van der Waals surface area contributed by atoms with Crippen molar-refractivity contribution in [2.75, 3.05) is 11.4 Å². The van der Waals surface area contributed by atoms with Crippen LogP contribution in [0.4, 0.5) is 18.9 Å². The lowest BCUT2D eigenvalue weighted by molar-refractivity contribution is -0.274. The largest absolute Gasteiger partial charge is 0.573 e. The van der Waals surface area contributed by atoms with Crippen molar-refractivity contribution in [2.45, 2.75) is 39.0 Å². The minimum absolute atomic E-state index is 0.195. The molecule has 0 unspecified atom stereocenters. The number of benzene rings is 2. The molecule has 0 aliphatic carbocycles. The molecule has 1 aliphatic rings. The second-order valence-electron chi connectivity index (χ2n) is 6.90. The molecule has 2 aromatic carbocycles. The molecule has 4 rings (SSSR count). The van der Waals surface area contributed by atoms with Crippen LogP contribution in [0.1, 0.15) is 43.0 Å². The van der Waals surface area contributed by atoms with Gasteiger partial charge in [0.2, 0.25) is 0 Å². The van der Waals surface area contributed by atoms with Gasteiger partial charge < -0.3 is 9.64 Å². The predicted octanol–water partition coefficient (Wildman–Crippen LogP) is 5.83. The van der Waals surface area contributed by atoms with E-state index in [1.807, 2.05) is 18.2 Å². The molecule has 0 bridgehead atoms. The summed E-state index contributed by atoms with van der Waals surface area (Å²) < 4.78 is 41.9. The summed E-state index contributed by atoms with van der Waals surface area (Å²) in [4.78, 5) is 19.4. The van der Waals surface area contributed by atoms with Crippen molar-refractivity contribution < 1.29 is 22.7 Å². The Balaban J connectivity index is 1.81. The van der Waals surface area contributed by atoms with Gasteiger partial charge in [0.05, 0.1) is 22.3 Å². The molecule has 0 atom stereocenters. The number of fused-ring (bicyclic) bond motifs is 2. The Hall–Kier alpha value is -2.83. The van der Waals surface area contributed by atoms with Crippen LogP contribution in [0.2, 0.25) is 0 Å². The number of carbonyl (C=O) groups is 1. The van der Waals surface area contributed by atoms with Crippen LogP contribution in [0, 0.1) is 0 Å². The number of unbranched alkanes of at least 4 members (excludes halogenated alkanes) is 3. The second kappa shape index (κ2) is 6.96. The molecule has 3 aromatic rings. The summed E-state index contributed by atoms with van der Waals surface area (Å²) in [6, 6.07) is 9.44. The number of amides is 1. The van der Waals surface area contributed by atoms with Crippen molar-refractivity contribution in [3.05, 3.63) is 42.0 Å². The predicted molar refractivity (Wildman–Crippen MR) is 102 cm³/mol. The van der Waals surface area contributed by atoms with E-state index in [1.165, 1.54) is 18.2 Å². The summed E-state index contributed by atoms with van der Waals surface area (Å²) in [6.45, 7) is 2.70. The molecule has 0 spiro atoms. The standard InChI is InChI=1S/C21H19F3N2O2/c1-2-3-4-5-11-26-17-8-6-7-16-19(17)18(20(26)27)14-12-13(28-21(22,23)24)9-10-15(14)25-16/h6-10,12H,2-5,11H2,1H3. The van der Waals surface area contributed by atoms with Crippen LogP contribution in [-0.4, -0.2) is 23.8 Å². The van der Waals surface area contributed by atoms with Crippen molar-refractivity contribution in [2.24, 2.45) is 0 Å². The molecule has 1 amide bonds. The van der Waals surface area contributed by atoms with Gasteiger partial charge in [-0.25, -0.2) is 4.98 Å². The minimum Gasteiger partial charge on any atom is -0.406 e. The van der Waals surface area contributed by atoms with Crippen LogP contribution in [0.15, 0.2) is 36.4 Å². The number of aromatic nitrogens is 1. The third kappa shape index (κ3) is 3.25. The Kier molecular flexibility index (Phi) is 4.61. The van der Waals surface area contributed by atoms with Gasteiger partial charge in [0.1, 0.15) is 5.75 Å². The first-order valence-corrected chi connectivity index (χ1v) is 9.33. The molecular weight excluding hydrogens is 369 g/mol. The average molecular weight is 388 g/mol. The fourth-order valence-electron chi connectivity index (χ4n) is 3.76. The molecule has 1 aromatic heterocycles. The second-order valence-corrected chi connectivity index (χ2v) is 6.90. The highest BCUT2D eigenvalue weighted by molar-refractivity contribution is 6.30. The number of rotatable bonds is 6. The van der Waals surface area contributed by atoms with E-state index in [9.17, 15) is 18.0 Å². The lowest BCUT2D eigenvalue weighted by Crippen LogP contribution is -2.27. The maximum absolute atomic E-state index is 13.2. The number of carbonyl (C=O) groups excluding carboxylic acids is 1. The van der Waals surface area contributed by atoms with Gasteiger partial charge in [0.25, 0.3) is 5.91 Å². The molecule has 0 fully saturated rings. The molecule has 7 heteroatoms. The molecule has 146 valence electrons. The van der Waals surface area contributed by atoms with Gasteiger partial charge in [-0.15, -0.1) is 13.2 Å². The van der Waals surface area contributed by atoms with Gasteiger partial charge in [-0.1, -0.05) is 32.3 Å². The molecule has 0 saturated heterocycles. The average Bonchev–Trinajstić information content (AvgIpc) is 2.92. The third-order valence-electron chi connectivity index (χ3n) is 4.97. The fraction of sp³-hybridized carbons (Fsp3) is 0.333. The normalized spacial score (nSPS) is 13.7. The first kappa shape index (κ1) is 18.5. The number of nitrogens with zero attached hydrogens (tertiary/aromatic N) is 2. The molecule has 4 nitrogen and oxygen atoms in total. The summed E-state index contributed by atoms with van der Waals surface area (Å²) in [5.74, 6) is -0.552. The van der Waals surface area contributed by atoms with E-state index in [4.69, 9.17) is 0 Å². The lowest BCUT2D eigenvalue weighted by atomic mass is 10.0. The van der Waals surface area contributed by atoms with Crippen molar-refractivity contribution in [1.82, 2.24) is 4.98 Å². The number of alkyl halides is 3. The van der Waals surface area contributed by atoms with Crippen LogP contribution in [0.3, 0.4) is 0 Å². The van der Waals surface area contributed by atoms with E-state index >= 15 is 0 Å².